The van der Waals surface area contributed by atoms with Gasteiger partial charge in [-0.25, -0.2) is 0 Å². The van der Waals surface area contributed by atoms with Gasteiger partial charge in [0.2, 0.25) is 5.91 Å². The van der Waals surface area contributed by atoms with Gasteiger partial charge < -0.3 is 29.6 Å². The zero-order valence-electron chi connectivity index (χ0n) is 20.3. The molecule has 1 aromatic carbocycles. The largest absolute Gasteiger partial charge is 0.495 e. The molecule has 9 heteroatoms. The Kier molecular flexibility index (Phi) is 7.48. The number of thiocarbonyl (C=S) groups is 1. The highest BCUT2D eigenvalue weighted by Gasteiger charge is 2.41. The van der Waals surface area contributed by atoms with Gasteiger partial charge in [0.1, 0.15) is 5.75 Å². The Balaban J connectivity index is 1.37. The van der Waals surface area contributed by atoms with E-state index in [9.17, 15) is 4.79 Å². The van der Waals surface area contributed by atoms with Gasteiger partial charge in [0, 0.05) is 44.2 Å². The third kappa shape index (κ3) is 5.22. The number of pyridine rings is 1. The molecule has 3 aromatic rings. The van der Waals surface area contributed by atoms with Gasteiger partial charge in [-0.05, 0) is 61.5 Å². The van der Waals surface area contributed by atoms with Crippen molar-refractivity contribution in [2.45, 2.75) is 44.0 Å². The number of anilines is 1. The van der Waals surface area contributed by atoms with Gasteiger partial charge in [0.15, 0.2) is 5.11 Å². The number of amides is 1. The average Bonchev–Trinajstić information content (AvgIpc) is 3.65. The second-order valence-corrected chi connectivity index (χ2v) is 9.43. The highest BCUT2D eigenvalue weighted by Crippen LogP contribution is 2.39. The number of carbonyl (C=O) groups is 1. The first-order chi connectivity index (χ1) is 17.6. The molecular formula is C27H31N5O3S. The molecule has 188 valence electrons. The van der Waals surface area contributed by atoms with Crippen LogP contribution in [0.2, 0.25) is 0 Å². The van der Waals surface area contributed by atoms with Crippen LogP contribution < -0.4 is 15.4 Å². The number of carbonyl (C=O) groups excluding carboxylic acids is 1. The van der Waals surface area contributed by atoms with Crippen LogP contribution >= 0.6 is 12.2 Å². The van der Waals surface area contributed by atoms with Gasteiger partial charge in [-0.3, -0.25) is 9.78 Å². The van der Waals surface area contributed by atoms with E-state index in [0.29, 0.717) is 23.1 Å². The topological polar surface area (TPSA) is 80.7 Å². The number of hydrogen-bond donors (Lipinski definition) is 2. The van der Waals surface area contributed by atoms with Crippen LogP contribution in [0.4, 0.5) is 5.69 Å². The van der Waals surface area contributed by atoms with Gasteiger partial charge in [0.25, 0.3) is 0 Å². The zero-order chi connectivity index (χ0) is 24.9. The van der Waals surface area contributed by atoms with Crippen LogP contribution in [0.25, 0.3) is 0 Å². The van der Waals surface area contributed by atoms with Crippen LogP contribution in [0.3, 0.4) is 0 Å². The molecule has 0 spiro atoms. The maximum Gasteiger partial charge on any atom is 0.226 e. The lowest BCUT2D eigenvalue weighted by atomic mass is 10.0. The zero-order valence-corrected chi connectivity index (χ0v) is 21.1. The van der Waals surface area contributed by atoms with Crippen molar-refractivity contribution in [1.29, 1.82) is 0 Å². The fourth-order valence-electron chi connectivity index (χ4n) is 5.02. The molecule has 0 saturated carbocycles. The third-order valence-corrected chi connectivity index (χ3v) is 7.10. The minimum Gasteiger partial charge on any atom is -0.495 e. The van der Waals surface area contributed by atoms with Gasteiger partial charge >= 0.3 is 0 Å². The van der Waals surface area contributed by atoms with Crippen LogP contribution in [0, 0.1) is 0 Å². The summed E-state index contributed by atoms with van der Waals surface area (Å²) < 4.78 is 13.5. The van der Waals surface area contributed by atoms with E-state index in [1.54, 1.807) is 13.3 Å². The Morgan fingerprint density at radius 1 is 1.22 bits per heavy atom. The maximum absolute atomic E-state index is 12.9. The highest BCUT2D eigenvalue weighted by atomic mass is 32.1. The normalized spacial score (nSPS) is 21.4. The lowest BCUT2D eigenvalue weighted by Gasteiger charge is -2.29. The summed E-state index contributed by atoms with van der Waals surface area (Å²) in [6.45, 7) is 2.08. The average molecular weight is 506 g/mol. The first-order valence-electron chi connectivity index (χ1n) is 12.3. The molecule has 0 bridgehead atoms. The summed E-state index contributed by atoms with van der Waals surface area (Å²) in [5.41, 5.74) is 2.69. The monoisotopic (exact) mass is 505 g/mol. The fourth-order valence-corrected chi connectivity index (χ4v) is 5.35. The molecule has 2 aliphatic rings. The van der Waals surface area contributed by atoms with Crippen molar-refractivity contribution in [2.24, 2.45) is 0 Å². The van der Waals surface area contributed by atoms with Crippen molar-refractivity contribution in [2.75, 3.05) is 25.6 Å². The SMILES string of the molecule is COc1ccccc1NC(=O)CCN1C(=S)NC(c2ccccn2)C1c1cccn1CC1CCCO1. The molecule has 2 fully saturated rings. The summed E-state index contributed by atoms with van der Waals surface area (Å²) in [6, 6.07) is 17.3. The number of nitrogens with one attached hydrogen (secondary N) is 2. The number of hydrogen-bond acceptors (Lipinski definition) is 5. The minimum absolute atomic E-state index is 0.0999. The molecule has 3 atom stereocenters. The predicted molar refractivity (Wildman–Crippen MR) is 142 cm³/mol. The fraction of sp³-hybridized carbons (Fsp3) is 0.370. The molecule has 2 aliphatic heterocycles. The first kappa shape index (κ1) is 24.3. The number of nitrogens with zero attached hydrogens (tertiary/aromatic N) is 3. The Hall–Kier alpha value is -3.43. The molecule has 36 heavy (non-hydrogen) atoms. The van der Waals surface area contributed by atoms with Crippen molar-refractivity contribution in [1.82, 2.24) is 19.8 Å². The van der Waals surface area contributed by atoms with Crippen LogP contribution in [0.15, 0.2) is 67.0 Å². The van der Waals surface area contributed by atoms with E-state index >= 15 is 0 Å². The Labute approximate surface area is 216 Å². The van der Waals surface area contributed by atoms with E-state index in [1.807, 2.05) is 42.5 Å². The van der Waals surface area contributed by atoms with E-state index in [0.717, 1.165) is 37.4 Å². The van der Waals surface area contributed by atoms with Crippen molar-refractivity contribution in [3.63, 3.8) is 0 Å². The van der Waals surface area contributed by atoms with Crippen LogP contribution in [0.5, 0.6) is 5.75 Å². The van der Waals surface area contributed by atoms with Crippen molar-refractivity contribution >= 4 is 28.9 Å². The summed E-state index contributed by atoms with van der Waals surface area (Å²) in [7, 11) is 1.59. The van der Waals surface area contributed by atoms with Crippen molar-refractivity contribution in [3.8, 4) is 5.75 Å². The molecule has 2 N–H and O–H groups in total. The summed E-state index contributed by atoms with van der Waals surface area (Å²) >= 11 is 5.78. The number of rotatable bonds is 9. The molecule has 0 aliphatic carbocycles. The number of methoxy groups -OCH3 is 1. The number of para-hydroxylation sites is 2. The smallest absolute Gasteiger partial charge is 0.226 e. The first-order valence-corrected chi connectivity index (χ1v) is 12.7. The lowest BCUT2D eigenvalue weighted by Crippen LogP contribution is -2.33. The molecule has 2 aromatic heterocycles. The molecule has 1 amide bonds. The number of benzene rings is 1. The van der Waals surface area contributed by atoms with E-state index in [1.165, 1.54) is 0 Å². The molecule has 8 nitrogen and oxygen atoms in total. The van der Waals surface area contributed by atoms with Crippen LogP contribution in [-0.4, -0.2) is 51.8 Å². The lowest BCUT2D eigenvalue weighted by molar-refractivity contribution is -0.116. The van der Waals surface area contributed by atoms with E-state index in [4.69, 9.17) is 21.7 Å². The summed E-state index contributed by atoms with van der Waals surface area (Å²) in [4.78, 5) is 19.6. The van der Waals surface area contributed by atoms with Gasteiger partial charge in [0.05, 0.1) is 36.7 Å². The van der Waals surface area contributed by atoms with E-state index < -0.39 is 0 Å². The molecular weight excluding hydrogens is 474 g/mol. The predicted octanol–water partition coefficient (Wildman–Crippen LogP) is 4.07. The number of ether oxygens (including phenoxy) is 2. The maximum atomic E-state index is 12.9. The number of aromatic nitrogens is 2. The van der Waals surface area contributed by atoms with Crippen LogP contribution in [0.1, 0.15) is 42.7 Å². The second-order valence-electron chi connectivity index (χ2n) is 9.04. The van der Waals surface area contributed by atoms with Crippen molar-refractivity contribution < 1.29 is 14.3 Å². The molecule has 2 saturated heterocycles. The van der Waals surface area contributed by atoms with E-state index in [2.05, 4.69) is 43.4 Å². The molecule has 3 unspecified atom stereocenters. The summed E-state index contributed by atoms with van der Waals surface area (Å²) in [5, 5.41) is 7.05. The standard InChI is InChI=1S/C27H31N5O3S/c1-34-23-12-3-2-9-20(23)29-24(33)13-16-32-26(25(30-27(32)36)21-10-4-5-14-28-21)22-11-6-15-31(22)18-19-8-7-17-35-19/h2-6,9-12,14-15,19,25-26H,7-8,13,16-18H2,1H3,(H,29,33)(H,30,36). The van der Waals surface area contributed by atoms with Crippen LogP contribution in [-0.2, 0) is 16.1 Å². The van der Waals surface area contributed by atoms with Crippen molar-refractivity contribution in [3.05, 3.63) is 78.4 Å². The van der Waals surface area contributed by atoms with E-state index in [-0.39, 0.29) is 30.5 Å². The Morgan fingerprint density at radius 3 is 2.86 bits per heavy atom. The summed E-state index contributed by atoms with van der Waals surface area (Å²) in [5.74, 6) is 0.529. The second kappa shape index (κ2) is 11.1. The summed E-state index contributed by atoms with van der Waals surface area (Å²) in [6.07, 6.45) is 6.55. The molecule has 5 rings (SSSR count). The van der Waals surface area contributed by atoms with Gasteiger partial charge in [-0.1, -0.05) is 18.2 Å². The minimum atomic E-state index is -0.130. The molecule has 0 radical (unpaired) electrons. The third-order valence-electron chi connectivity index (χ3n) is 6.75. The quantitative estimate of drug-likeness (QED) is 0.424. The van der Waals surface area contributed by atoms with Gasteiger partial charge in [-0.15, -0.1) is 0 Å². The molecule has 4 heterocycles. The highest BCUT2D eigenvalue weighted by molar-refractivity contribution is 7.80. The Bertz CT molecular complexity index is 1190. The Morgan fingerprint density at radius 2 is 2.08 bits per heavy atom. The van der Waals surface area contributed by atoms with Gasteiger partial charge in [-0.2, -0.15) is 0 Å².